The number of aliphatic hydroxyl groups excluding tert-OH is 2. The summed E-state index contributed by atoms with van der Waals surface area (Å²) in [5.74, 6) is 1.74. The van der Waals surface area contributed by atoms with Crippen molar-refractivity contribution in [2.75, 3.05) is 19.9 Å². The van der Waals surface area contributed by atoms with E-state index in [1.165, 1.54) is 0 Å². The average molecular weight is 279 g/mol. The lowest BCUT2D eigenvalue weighted by atomic mass is 10.0. The van der Waals surface area contributed by atoms with Gasteiger partial charge in [-0.05, 0) is 36.5 Å². The normalized spacial score (nSPS) is 25.9. The van der Waals surface area contributed by atoms with Crippen LogP contribution in [0.2, 0.25) is 0 Å². The van der Waals surface area contributed by atoms with Gasteiger partial charge in [0, 0.05) is 19.2 Å². The standard InChI is InChI=1S/C15H21NO4/c17-8-11-2-1-3-12(11)16-7-13(18)10-4-5-14-15(6-10)20-9-19-14/h4-6,11-13,16-18H,1-3,7-9H2. The Morgan fingerprint density at radius 3 is 2.95 bits per heavy atom. The Kier molecular flexibility index (Phi) is 4.10. The van der Waals surface area contributed by atoms with E-state index in [-0.39, 0.29) is 13.4 Å². The van der Waals surface area contributed by atoms with Crippen LogP contribution in [0.5, 0.6) is 11.5 Å². The molecule has 3 N–H and O–H groups in total. The van der Waals surface area contributed by atoms with Crippen molar-refractivity contribution in [3.05, 3.63) is 23.8 Å². The highest BCUT2D eigenvalue weighted by molar-refractivity contribution is 5.45. The van der Waals surface area contributed by atoms with Gasteiger partial charge < -0.3 is 25.0 Å². The highest BCUT2D eigenvalue weighted by Gasteiger charge is 2.26. The fourth-order valence-corrected chi connectivity index (χ4v) is 3.03. The molecular formula is C15H21NO4. The summed E-state index contributed by atoms with van der Waals surface area (Å²) in [6, 6.07) is 5.82. The summed E-state index contributed by atoms with van der Waals surface area (Å²) < 4.78 is 10.6. The van der Waals surface area contributed by atoms with E-state index in [1.807, 2.05) is 18.2 Å². The van der Waals surface area contributed by atoms with Crippen molar-refractivity contribution in [2.24, 2.45) is 5.92 Å². The summed E-state index contributed by atoms with van der Waals surface area (Å²) in [5.41, 5.74) is 0.820. The molecule has 1 aromatic rings. The summed E-state index contributed by atoms with van der Waals surface area (Å²) >= 11 is 0. The van der Waals surface area contributed by atoms with Crippen LogP contribution in [0.25, 0.3) is 0 Å². The van der Waals surface area contributed by atoms with Gasteiger partial charge in [-0.25, -0.2) is 0 Å². The average Bonchev–Trinajstić information content (AvgIpc) is 3.12. The molecule has 2 aliphatic rings. The number of rotatable bonds is 5. The molecule has 0 saturated heterocycles. The third-order valence-corrected chi connectivity index (χ3v) is 4.25. The van der Waals surface area contributed by atoms with Crippen molar-refractivity contribution in [3.63, 3.8) is 0 Å². The highest BCUT2D eigenvalue weighted by Crippen LogP contribution is 2.34. The van der Waals surface area contributed by atoms with Gasteiger partial charge in [-0.2, -0.15) is 0 Å². The Morgan fingerprint density at radius 1 is 1.25 bits per heavy atom. The molecular weight excluding hydrogens is 258 g/mol. The van der Waals surface area contributed by atoms with Crippen molar-refractivity contribution in [2.45, 2.75) is 31.4 Å². The number of nitrogens with one attached hydrogen (secondary N) is 1. The summed E-state index contributed by atoms with van der Waals surface area (Å²) in [6.07, 6.45) is 2.69. The zero-order valence-corrected chi connectivity index (χ0v) is 11.4. The predicted molar refractivity (Wildman–Crippen MR) is 73.7 cm³/mol. The van der Waals surface area contributed by atoms with Gasteiger partial charge in [-0.15, -0.1) is 0 Å². The molecule has 1 aromatic carbocycles. The van der Waals surface area contributed by atoms with E-state index in [2.05, 4.69) is 5.32 Å². The van der Waals surface area contributed by atoms with E-state index in [9.17, 15) is 10.2 Å². The number of hydrogen-bond acceptors (Lipinski definition) is 5. The van der Waals surface area contributed by atoms with Crippen LogP contribution in [0, 0.1) is 5.92 Å². The molecule has 20 heavy (non-hydrogen) atoms. The molecule has 3 rings (SSSR count). The van der Waals surface area contributed by atoms with E-state index in [4.69, 9.17) is 9.47 Å². The molecule has 3 unspecified atom stereocenters. The molecule has 5 nitrogen and oxygen atoms in total. The highest BCUT2D eigenvalue weighted by atomic mass is 16.7. The van der Waals surface area contributed by atoms with E-state index < -0.39 is 6.10 Å². The van der Waals surface area contributed by atoms with Crippen LogP contribution >= 0.6 is 0 Å². The first-order valence-corrected chi connectivity index (χ1v) is 7.20. The van der Waals surface area contributed by atoms with Gasteiger partial charge in [-0.3, -0.25) is 0 Å². The zero-order chi connectivity index (χ0) is 13.9. The van der Waals surface area contributed by atoms with E-state index in [0.717, 1.165) is 30.6 Å². The van der Waals surface area contributed by atoms with E-state index in [1.54, 1.807) is 0 Å². The second kappa shape index (κ2) is 5.99. The summed E-state index contributed by atoms with van der Waals surface area (Å²) in [7, 11) is 0. The molecule has 1 fully saturated rings. The molecule has 0 amide bonds. The Bertz CT molecular complexity index is 465. The number of benzene rings is 1. The number of ether oxygens (including phenoxy) is 2. The van der Waals surface area contributed by atoms with E-state index >= 15 is 0 Å². The van der Waals surface area contributed by atoms with E-state index in [0.29, 0.717) is 24.3 Å². The molecule has 110 valence electrons. The SMILES string of the molecule is OCC1CCCC1NCC(O)c1ccc2c(c1)OCO2. The van der Waals surface area contributed by atoms with Crippen molar-refractivity contribution >= 4 is 0 Å². The minimum Gasteiger partial charge on any atom is -0.454 e. The molecule has 0 spiro atoms. The fraction of sp³-hybridized carbons (Fsp3) is 0.600. The first-order valence-electron chi connectivity index (χ1n) is 7.20. The molecule has 0 aromatic heterocycles. The molecule has 1 aliphatic carbocycles. The summed E-state index contributed by atoms with van der Waals surface area (Å²) in [4.78, 5) is 0. The maximum Gasteiger partial charge on any atom is 0.231 e. The maximum absolute atomic E-state index is 10.2. The lowest BCUT2D eigenvalue weighted by molar-refractivity contribution is 0.154. The van der Waals surface area contributed by atoms with Gasteiger partial charge in [0.25, 0.3) is 0 Å². The molecule has 0 radical (unpaired) electrons. The summed E-state index contributed by atoms with van der Waals surface area (Å²) in [5, 5.41) is 22.9. The fourth-order valence-electron chi connectivity index (χ4n) is 3.03. The Balaban J connectivity index is 1.57. The van der Waals surface area contributed by atoms with Crippen LogP contribution in [0.4, 0.5) is 0 Å². The zero-order valence-electron chi connectivity index (χ0n) is 11.4. The largest absolute Gasteiger partial charge is 0.454 e. The van der Waals surface area contributed by atoms with Crippen LogP contribution in [-0.4, -0.2) is 36.2 Å². The minimum atomic E-state index is -0.579. The number of hydrogen-bond donors (Lipinski definition) is 3. The molecule has 1 saturated carbocycles. The van der Waals surface area contributed by atoms with Crippen LogP contribution in [0.3, 0.4) is 0 Å². The lowest BCUT2D eigenvalue weighted by Crippen LogP contribution is -2.36. The Labute approximate surface area is 118 Å². The van der Waals surface area contributed by atoms with Crippen molar-refractivity contribution in [3.8, 4) is 11.5 Å². The third kappa shape index (κ3) is 2.75. The van der Waals surface area contributed by atoms with Crippen LogP contribution in [0.1, 0.15) is 30.9 Å². The van der Waals surface area contributed by atoms with Gasteiger partial charge in [0.1, 0.15) is 0 Å². The Morgan fingerprint density at radius 2 is 2.10 bits per heavy atom. The molecule has 1 aliphatic heterocycles. The number of fused-ring (bicyclic) bond motifs is 1. The van der Waals surface area contributed by atoms with Gasteiger partial charge in [-0.1, -0.05) is 12.5 Å². The van der Waals surface area contributed by atoms with Crippen LogP contribution in [-0.2, 0) is 0 Å². The quantitative estimate of drug-likeness (QED) is 0.755. The van der Waals surface area contributed by atoms with Crippen LogP contribution < -0.4 is 14.8 Å². The topological polar surface area (TPSA) is 71.0 Å². The first kappa shape index (κ1) is 13.7. The number of aliphatic hydroxyl groups is 2. The van der Waals surface area contributed by atoms with Gasteiger partial charge >= 0.3 is 0 Å². The summed E-state index contributed by atoms with van der Waals surface area (Å²) in [6.45, 7) is 0.950. The van der Waals surface area contributed by atoms with Crippen molar-refractivity contribution < 1.29 is 19.7 Å². The van der Waals surface area contributed by atoms with Crippen LogP contribution in [0.15, 0.2) is 18.2 Å². The molecule has 1 heterocycles. The lowest BCUT2D eigenvalue weighted by Gasteiger charge is -2.21. The van der Waals surface area contributed by atoms with Crippen molar-refractivity contribution in [1.29, 1.82) is 0 Å². The molecule has 5 heteroatoms. The monoisotopic (exact) mass is 279 g/mol. The smallest absolute Gasteiger partial charge is 0.231 e. The minimum absolute atomic E-state index is 0.220. The first-order chi connectivity index (χ1) is 9.78. The maximum atomic E-state index is 10.2. The molecule has 3 atom stereocenters. The van der Waals surface area contributed by atoms with Gasteiger partial charge in [0.05, 0.1) is 6.10 Å². The predicted octanol–water partition coefficient (Wildman–Crippen LogP) is 1.20. The Hall–Kier alpha value is -1.30. The van der Waals surface area contributed by atoms with Crippen molar-refractivity contribution in [1.82, 2.24) is 5.32 Å². The second-order valence-electron chi connectivity index (χ2n) is 5.52. The van der Waals surface area contributed by atoms with Gasteiger partial charge in [0.2, 0.25) is 6.79 Å². The third-order valence-electron chi connectivity index (χ3n) is 4.25. The second-order valence-corrected chi connectivity index (χ2v) is 5.52. The molecule has 0 bridgehead atoms. The van der Waals surface area contributed by atoms with Gasteiger partial charge in [0.15, 0.2) is 11.5 Å².